The molecule has 4 aromatic rings. The molecule has 1 atom stereocenters. The Kier molecular flexibility index (Phi) is 6.68. The number of piperidine rings is 1. The topological polar surface area (TPSA) is 88.8 Å². The van der Waals surface area contributed by atoms with E-state index < -0.39 is 11.6 Å². The highest BCUT2D eigenvalue weighted by molar-refractivity contribution is 5.83. The Morgan fingerprint density at radius 2 is 1.73 bits per heavy atom. The third-order valence-corrected chi connectivity index (χ3v) is 6.87. The first kappa shape index (κ1) is 24.9. The molecule has 0 amide bonds. The number of hydrogen-bond donors (Lipinski definition) is 1. The molecule has 0 radical (unpaired) electrons. The predicted octanol–water partition coefficient (Wildman–Crippen LogP) is 5.53. The molecule has 0 aliphatic carbocycles. The summed E-state index contributed by atoms with van der Waals surface area (Å²) in [4.78, 5) is 31.0. The van der Waals surface area contributed by atoms with Crippen LogP contribution in [0.25, 0.3) is 22.3 Å². The highest BCUT2D eigenvalue weighted by Gasteiger charge is 2.22. The van der Waals surface area contributed by atoms with Crippen molar-refractivity contribution >= 4 is 28.6 Å². The summed E-state index contributed by atoms with van der Waals surface area (Å²) in [6, 6.07) is 6.91. The van der Waals surface area contributed by atoms with Crippen molar-refractivity contribution in [2.75, 3.05) is 18.4 Å². The number of imidazole rings is 1. The molecule has 10 heteroatoms. The smallest absolute Gasteiger partial charge is 0.229 e. The van der Waals surface area contributed by atoms with Gasteiger partial charge in [-0.2, -0.15) is 0 Å². The van der Waals surface area contributed by atoms with Gasteiger partial charge in [0.15, 0.2) is 11.6 Å². The Bertz CT molecular complexity index is 1460. The Morgan fingerprint density at radius 3 is 2.41 bits per heavy atom. The standard InChI is InChI=1S/C27H29F2N7O/c1-15(2)36-17(4)32-26-21(28)11-19(12-23(26)36)25-22(29)14-31-27(34-25)33-24-6-5-18(13-30-24)16(3)35-9-7-20(37)8-10-35/h5-6,11-16H,7-10H2,1-4H3,(H,30,31,33,34)/t16-/m0/s1. The van der Waals surface area contributed by atoms with E-state index in [0.29, 0.717) is 41.3 Å². The normalized spacial score (nSPS) is 15.5. The van der Waals surface area contributed by atoms with E-state index in [0.717, 1.165) is 24.8 Å². The highest BCUT2D eigenvalue weighted by Crippen LogP contribution is 2.30. The van der Waals surface area contributed by atoms with Crippen LogP contribution in [0.2, 0.25) is 0 Å². The van der Waals surface area contributed by atoms with Gasteiger partial charge in [-0.05, 0) is 51.5 Å². The lowest BCUT2D eigenvalue weighted by Crippen LogP contribution is -2.35. The van der Waals surface area contributed by atoms with Crippen molar-refractivity contribution in [1.29, 1.82) is 0 Å². The van der Waals surface area contributed by atoms with Crippen LogP contribution in [0.3, 0.4) is 0 Å². The second-order valence-corrected chi connectivity index (χ2v) is 9.69. The molecule has 0 unspecified atom stereocenters. The van der Waals surface area contributed by atoms with Crippen molar-refractivity contribution in [2.24, 2.45) is 0 Å². The van der Waals surface area contributed by atoms with Gasteiger partial charge in [0.05, 0.1) is 11.7 Å². The summed E-state index contributed by atoms with van der Waals surface area (Å²) in [7, 11) is 0. The van der Waals surface area contributed by atoms with Crippen molar-refractivity contribution in [3.05, 3.63) is 59.7 Å². The molecule has 1 N–H and O–H groups in total. The number of ketones is 1. The molecule has 1 saturated heterocycles. The van der Waals surface area contributed by atoms with Gasteiger partial charge in [-0.3, -0.25) is 9.69 Å². The van der Waals surface area contributed by atoms with E-state index in [2.05, 4.69) is 37.1 Å². The number of likely N-dealkylation sites (tertiary alicyclic amines) is 1. The molecule has 1 aliphatic heterocycles. The zero-order valence-electron chi connectivity index (χ0n) is 21.3. The van der Waals surface area contributed by atoms with Gasteiger partial charge in [0.1, 0.15) is 28.6 Å². The van der Waals surface area contributed by atoms with E-state index in [1.54, 1.807) is 12.3 Å². The second-order valence-electron chi connectivity index (χ2n) is 9.69. The first-order chi connectivity index (χ1) is 17.7. The molecule has 0 bridgehead atoms. The van der Waals surface area contributed by atoms with Crippen LogP contribution in [0.1, 0.15) is 57.1 Å². The van der Waals surface area contributed by atoms with Crippen molar-refractivity contribution in [3.63, 3.8) is 0 Å². The average molecular weight is 506 g/mol. The minimum Gasteiger partial charge on any atom is -0.326 e. The molecule has 4 heterocycles. The predicted molar refractivity (Wildman–Crippen MR) is 138 cm³/mol. The number of pyridine rings is 1. The van der Waals surface area contributed by atoms with Crippen molar-refractivity contribution in [2.45, 2.75) is 52.6 Å². The lowest BCUT2D eigenvalue weighted by molar-refractivity contribution is -0.121. The van der Waals surface area contributed by atoms with Crippen LogP contribution in [0.15, 0.2) is 36.7 Å². The minimum atomic E-state index is -0.659. The molecule has 192 valence electrons. The summed E-state index contributed by atoms with van der Waals surface area (Å²) in [5.74, 6) is 0.443. The monoisotopic (exact) mass is 505 g/mol. The Morgan fingerprint density at radius 1 is 0.973 bits per heavy atom. The Labute approximate surface area is 213 Å². The Hall–Kier alpha value is -3.79. The van der Waals surface area contributed by atoms with Gasteiger partial charge in [0, 0.05) is 49.8 Å². The van der Waals surface area contributed by atoms with Crippen LogP contribution in [0, 0.1) is 18.6 Å². The SMILES string of the molecule is Cc1nc2c(F)cc(-c3nc(Nc4ccc([C@H](C)N5CCC(=O)CC5)cn4)ncc3F)cc2n1C(C)C. The number of nitrogens with one attached hydrogen (secondary N) is 1. The van der Waals surface area contributed by atoms with E-state index in [1.165, 1.54) is 6.07 Å². The summed E-state index contributed by atoms with van der Waals surface area (Å²) in [6.45, 7) is 9.38. The maximum absolute atomic E-state index is 14.9. The first-order valence-corrected chi connectivity index (χ1v) is 12.4. The fourth-order valence-electron chi connectivity index (χ4n) is 4.90. The first-order valence-electron chi connectivity index (χ1n) is 12.4. The molecular weight excluding hydrogens is 476 g/mol. The molecule has 1 aliphatic rings. The van der Waals surface area contributed by atoms with Gasteiger partial charge in [-0.1, -0.05) is 6.07 Å². The molecule has 1 fully saturated rings. The summed E-state index contributed by atoms with van der Waals surface area (Å²) in [5, 5.41) is 3.01. The average Bonchev–Trinajstić information content (AvgIpc) is 3.22. The number of aromatic nitrogens is 5. The number of rotatable bonds is 6. The number of carbonyl (C=O) groups is 1. The number of anilines is 2. The van der Waals surface area contributed by atoms with Crippen LogP contribution < -0.4 is 5.32 Å². The minimum absolute atomic E-state index is 0.0163. The van der Waals surface area contributed by atoms with Crippen molar-refractivity contribution in [1.82, 2.24) is 29.4 Å². The molecule has 0 spiro atoms. The number of Topliss-reactive ketones (excluding diaryl/α,β-unsaturated/α-hetero) is 1. The van der Waals surface area contributed by atoms with Crippen LogP contribution in [0.5, 0.6) is 0 Å². The largest absolute Gasteiger partial charge is 0.326 e. The molecular formula is C27H29F2N7O. The van der Waals surface area contributed by atoms with E-state index in [9.17, 15) is 13.6 Å². The van der Waals surface area contributed by atoms with Crippen molar-refractivity contribution < 1.29 is 13.6 Å². The maximum atomic E-state index is 14.9. The number of fused-ring (bicyclic) bond motifs is 1. The fourth-order valence-corrected chi connectivity index (χ4v) is 4.90. The van der Waals surface area contributed by atoms with E-state index >= 15 is 0 Å². The summed E-state index contributed by atoms with van der Waals surface area (Å²) >= 11 is 0. The number of benzene rings is 1. The summed E-state index contributed by atoms with van der Waals surface area (Å²) < 4.78 is 31.6. The van der Waals surface area contributed by atoms with Gasteiger partial charge in [-0.25, -0.2) is 28.7 Å². The number of halogens is 2. The maximum Gasteiger partial charge on any atom is 0.229 e. The summed E-state index contributed by atoms with van der Waals surface area (Å²) in [6.07, 6.45) is 3.99. The number of hydrogen-bond acceptors (Lipinski definition) is 7. The lowest BCUT2D eigenvalue weighted by Gasteiger charge is -2.31. The van der Waals surface area contributed by atoms with Crippen LogP contribution in [-0.2, 0) is 4.79 Å². The molecule has 3 aromatic heterocycles. The molecule has 0 saturated carbocycles. The fraction of sp³-hybridized carbons (Fsp3) is 0.370. The summed E-state index contributed by atoms with van der Waals surface area (Å²) in [5.41, 5.74) is 2.14. The van der Waals surface area contributed by atoms with Gasteiger partial charge >= 0.3 is 0 Å². The number of aryl methyl sites for hydroxylation is 1. The number of carbonyl (C=O) groups excluding carboxylic acids is 1. The van der Waals surface area contributed by atoms with Crippen LogP contribution in [-0.4, -0.2) is 48.3 Å². The Balaban J connectivity index is 1.39. The van der Waals surface area contributed by atoms with Crippen molar-refractivity contribution in [3.8, 4) is 11.3 Å². The van der Waals surface area contributed by atoms with Gasteiger partial charge < -0.3 is 9.88 Å². The quantitative estimate of drug-likeness (QED) is 0.369. The van der Waals surface area contributed by atoms with Gasteiger partial charge in [0.2, 0.25) is 5.95 Å². The second kappa shape index (κ2) is 9.93. The van der Waals surface area contributed by atoms with E-state index in [1.807, 2.05) is 37.5 Å². The van der Waals surface area contributed by atoms with Crippen LogP contribution >= 0.6 is 0 Å². The third kappa shape index (κ3) is 4.93. The third-order valence-electron chi connectivity index (χ3n) is 6.87. The van der Waals surface area contributed by atoms with Crippen LogP contribution in [0.4, 0.5) is 20.5 Å². The zero-order valence-corrected chi connectivity index (χ0v) is 21.3. The van der Waals surface area contributed by atoms with Gasteiger partial charge in [-0.15, -0.1) is 0 Å². The lowest BCUT2D eigenvalue weighted by atomic mass is 10.0. The van der Waals surface area contributed by atoms with E-state index in [-0.39, 0.29) is 29.2 Å². The molecule has 37 heavy (non-hydrogen) atoms. The highest BCUT2D eigenvalue weighted by atomic mass is 19.1. The molecule has 1 aromatic carbocycles. The molecule has 8 nitrogen and oxygen atoms in total. The van der Waals surface area contributed by atoms with E-state index in [4.69, 9.17) is 0 Å². The van der Waals surface area contributed by atoms with Gasteiger partial charge in [0.25, 0.3) is 0 Å². The zero-order chi connectivity index (χ0) is 26.3. The number of nitrogens with zero attached hydrogens (tertiary/aromatic N) is 6. The molecule has 5 rings (SSSR count).